The predicted molar refractivity (Wildman–Crippen MR) is 217 cm³/mol. The van der Waals surface area contributed by atoms with Crippen molar-refractivity contribution in [2.45, 2.75) is 90.9 Å². The lowest BCUT2D eigenvalue weighted by Gasteiger charge is -2.20. The highest BCUT2D eigenvalue weighted by atomic mass is 32.1. The first-order valence-corrected chi connectivity index (χ1v) is 21.8. The van der Waals surface area contributed by atoms with Crippen LogP contribution in [0, 0.1) is 0 Å². The van der Waals surface area contributed by atoms with E-state index in [1.54, 1.807) is 45.3 Å². The number of carbonyl (C=O) groups excluding carboxylic acids is 2. The van der Waals surface area contributed by atoms with Gasteiger partial charge in [-0.2, -0.15) is 0 Å². The van der Waals surface area contributed by atoms with Crippen molar-refractivity contribution in [3.63, 3.8) is 0 Å². The molecule has 50 heavy (non-hydrogen) atoms. The summed E-state index contributed by atoms with van der Waals surface area (Å²) in [4.78, 5) is 39.8. The molecule has 2 aliphatic heterocycles. The number of unbranched alkanes of at least 4 members (excludes halogenated alkanes) is 10. The molecule has 260 valence electrons. The van der Waals surface area contributed by atoms with E-state index in [4.69, 9.17) is 0 Å². The molecule has 0 fully saturated rings. The number of hydrogen-bond donors (Lipinski definition) is 0. The summed E-state index contributed by atoms with van der Waals surface area (Å²) >= 11 is 6.84. The molecule has 2 aliphatic rings. The third-order valence-electron chi connectivity index (χ3n) is 9.86. The molecule has 7 rings (SSSR count). The number of benzene rings is 1. The second-order valence-electron chi connectivity index (χ2n) is 13.4. The molecule has 8 heteroatoms. The summed E-state index contributed by atoms with van der Waals surface area (Å²) in [6.45, 7) is 5.87. The maximum Gasteiger partial charge on any atom is 0.260 e. The molecule has 1 aromatic carbocycles. The molecule has 4 aromatic heterocycles. The van der Waals surface area contributed by atoms with Crippen molar-refractivity contribution in [2.24, 2.45) is 0 Å². The smallest absolute Gasteiger partial charge is 0.260 e. The minimum Gasteiger partial charge on any atom is -0.308 e. The minimum atomic E-state index is 0.0864. The molecule has 0 bridgehead atoms. The van der Waals surface area contributed by atoms with E-state index in [9.17, 15) is 9.59 Å². The molecular weight excluding hydrogens is 693 g/mol. The van der Waals surface area contributed by atoms with E-state index >= 15 is 0 Å². The van der Waals surface area contributed by atoms with Crippen LogP contribution in [0.4, 0.5) is 11.4 Å². The Balaban J connectivity index is 1.32. The fraction of sp³-hybridized carbons (Fsp3) is 0.381. The Kier molecular flexibility index (Phi) is 11.5. The lowest BCUT2D eigenvalue weighted by atomic mass is 10.1. The van der Waals surface area contributed by atoms with Gasteiger partial charge in [-0.05, 0) is 72.1 Å². The molecule has 2 amide bonds. The second-order valence-corrected chi connectivity index (χ2v) is 17.4. The van der Waals surface area contributed by atoms with Gasteiger partial charge in [-0.25, -0.2) is 0 Å². The van der Waals surface area contributed by atoms with Crippen LogP contribution in [0.3, 0.4) is 0 Å². The first-order chi connectivity index (χ1) is 24.6. The van der Waals surface area contributed by atoms with Gasteiger partial charge in [0, 0.05) is 52.8 Å². The molecule has 0 atom stereocenters. The first kappa shape index (κ1) is 35.1. The Morgan fingerprint density at radius 3 is 1.28 bits per heavy atom. The molecule has 0 saturated carbocycles. The van der Waals surface area contributed by atoms with E-state index in [-0.39, 0.29) is 11.8 Å². The van der Waals surface area contributed by atoms with Crippen LogP contribution in [0.2, 0.25) is 0 Å². The SMILES string of the molecule is CCCCCCCCN1C(=O)C(c2ccc(-c3cccs3)s2)=c2cc3c(cc21)=C(c1ccc(-c2cccs2)s1)C(=O)N3CCCCCCCC. The lowest BCUT2D eigenvalue weighted by Crippen LogP contribution is -2.31. The Morgan fingerprint density at radius 1 is 0.480 bits per heavy atom. The van der Waals surface area contributed by atoms with Crippen molar-refractivity contribution < 1.29 is 9.59 Å². The quantitative estimate of drug-likeness (QED) is 0.0840. The lowest BCUT2D eigenvalue weighted by molar-refractivity contribution is -0.113. The highest BCUT2D eigenvalue weighted by Crippen LogP contribution is 2.39. The van der Waals surface area contributed by atoms with Crippen LogP contribution in [0.25, 0.3) is 30.7 Å². The largest absolute Gasteiger partial charge is 0.308 e. The van der Waals surface area contributed by atoms with Crippen molar-refractivity contribution in [1.82, 2.24) is 0 Å². The van der Waals surface area contributed by atoms with Crippen LogP contribution in [0.1, 0.15) is 101 Å². The third-order valence-corrected chi connectivity index (χ3v) is 14.2. The molecule has 0 saturated heterocycles. The van der Waals surface area contributed by atoms with E-state index in [2.05, 4.69) is 85.3 Å². The van der Waals surface area contributed by atoms with Gasteiger partial charge in [-0.15, -0.1) is 45.3 Å². The average molecular weight is 739 g/mol. The highest BCUT2D eigenvalue weighted by molar-refractivity contribution is 7.22. The summed E-state index contributed by atoms with van der Waals surface area (Å²) in [5, 5.41) is 6.13. The molecule has 0 aliphatic carbocycles. The summed E-state index contributed by atoms with van der Waals surface area (Å²) < 4.78 is 0. The number of nitrogens with zero attached hydrogens (tertiary/aromatic N) is 2. The molecule has 0 unspecified atom stereocenters. The molecular formula is C42H46N2O2S4. The van der Waals surface area contributed by atoms with Gasteiger partial charge in [-0.3, -0.25) is 9.59 Å². The Labute approximate surface area is 312 Å². The molecule has 5 aromatic rings. The second kappa shape index (κ2) is 16.4. The number of hydrogen-bond acceptors (Lipinski definition) is 6. The fourth-order valence-corrected chi connectivity index (χ4v) is 11.0. The maximum atomic E-state index is 14.5. The standard InChI is InChI=1S/C42H46N2O2S4/c1-3-5-7-9-11-13-23-43-31-27-30-32(28-29(31)39(41(43)45)37-21-19-35(49-37)33-17-15-25-47-33)44(24-14-12-10-8-6-4-2)42(46)40(30)38-22-20-36(50-38)34-18-16-26-48-34/h15-22,25-28H,3-14,23-24H2,1-2H3. The monoisotopic (exact) mass is 738 g/mol. The minimum absolute atomic E-state index is 0.0864. The van der Waals surface area contributed by atoms with Gasteiger partial charge in [0.05, 0.1) is 22.5 Å². The topological polar surface area (TPSA) is 40.6 Å². The van der Waals surface area contributed by atoms with E-state index in [1.807, 2.05) is 9.80 Å². The van der Waals surface area contributed by atoms with Crippen LogP contribution in [-0.4, -0.2) is 24.9 Å². The summed E-state index contributed by atoms with van der Waals surface area (Å²) in [6.07, 6.45) is 14.0. The normalized spacial score (nSPS) is 14.0. The molecule has 4 nitrogen and oxygen atoms in total. The van der Waals surface area contributed by atoms with Crippen LogP contribution in [0.5, 0.6) is 0 Å². The van der Waals surface area contributed by atoms with Gasteiger partial charge in [0.1, 0.15) is 0 Å². The Hall–Kier alpha value is -3.30. The Bertz CT molecular complexity index is 1900. The van der Waals surface area contributed by atoms with E-state index in [0.717, 1.165) is 68.4 Å². The van der Waals surface area contributed by atoms with Gasteiger partial charge < -0.3 is 9.80 Å². The summed E-state index contributed by atoms with van der Waals surface area (Å²) in [5.41, 5.74) is 3.45. The number of amides is 2. The fourth-order valence-electron chi connectivity index (χ4n) is 7.21. The van der Waals surface area contributed by atoms with Gasteiger partial charge in [0.15, 0.2) is 0 Å². The molecule has 6 heterocycles. The first-order valence-electron chi connectivity index (χ1n) is 18.4. The van der Waals surface area contributed by atoms with Crippen molar-refractivity contribution in [2.75, 3.05) is 22.9 Å². The highest BCUT2D eigenvalue weighted by Gasteiger charge is 2.36. The molecule has 0 radical (unpaired) electrons. The van der Waals surface area contributed by atoms with E-state index in [1.165, 1.54) is 70.9 Å². The zero-order valence-corrected chi connectivity index (χ0v) is 32.4. The van der Waals surface area contributed by atoms with E-state index in [0.29, 0.717) is 13.1 Å². The van der Waals surface area contributed by atoms with Gasteiger partial charge in [-0.1, -0.05) is 90.2 Å². The summed E-state index contributed by atoms with van der Waals surface area (Å²) in [7, 11) is 0. The van der Waals surface area contributed by atoms with Crippen molar-refractivity contribution in [3.8, 4) is 19.5 Å². The van der Waals surface area contributed by atoms with Crippen LogP contribution in [0.15, 0.2) is 71.4 Å². The Morgan fingerprint density at radius 2 is 0.880 bits per heavy atom. The number of anilines is 2. The number of rotatable bonds is 18. The average Bonchev–Trinajstić information content (AvgIpc) is 3.97. The van der Waals surface area contributed by atoms with Gasteiger partial charge in [0.2, 0.25) is 0 Å². The van der Waals surface area contributed by atoms with Crippen LogP contribution < -0.4 is 20.2 Å². The van der Waals surface area contributed by atoms with Crippen LogP contribution >= 0.6 is 45.3 Å². The zero-order valence-electron chi connectivity index (χ0n) is 29.2. The van der Waals surface area contributed by atoms with Crippen LogP contribution in [-0.2, 0) is 9.59 Å². The summed E-state index contributed by atoms with van der Waals surface area (Å²) in [5.74, 6) is 0.173. The predicted octanol–water partition coefficient (Wildman–Crippen LogP) is 11.1. The summed E-state index contributed by atoms with van der Waals surface area (Å²) in [6, 6.07) is 21.3. The molecule has 0 spiro atoms. The van der Waals surface area contributed by atoms with E-state index < -0.39 is 0 Å². The third kappa shape index (κ3) is 7.22. The number of thiophene rings is 4. The zero-order chi connectivity index (χ0) is 34.5. The number of carbonyl (C=O) groups is 2. The van der Waals surface area contributed by atoms with Gasteiger partial charge in [0.25, 0.3) is 11.8 Å². The maximum absolute atomic E-state index is 14.5. The van der Waals surface area contributed by atoms with Crippen molar-refractivity contribution in [1.29, 1.82) is 0 Å². The van der Waals surface area contributed by atoms with Crippen molar-refractivity contribution in [3.05, 3.63) is 91.6 Å². The van der Waals surface area contributed by atoms with Crippen molar-refractivity contribution >= 4 is 79.7 Å². The number of fused-ring (bicyclic) bond motifs is 2. The molecule has 0 N–H and O–H groups in total. The van der Waals surface area contributed by atoms with Gasteiger partial charge >= 0.3 is 0 Å².